The van der Waals surface area contributed by atoms with Crippen LogP contribution in [-0.4, -0.2) is 62.2 Å². The molecule has 1 atom stereocenters. The predicted octanol–water partition coefficient (Wildman–Crippen LogP) is 3.44. The Morgan fingerprint density at radius 1 is 1.15 bits per heavy atom. The van der Waals surface area contributed by atoms with Gasteiger partial charge in [-0.05, 0) is 24.2 Å². The molecule has 3 aromatic rings. The maximum atomic E-state index is 10.9. The van der Waals surface area contributed by atoms with E-state index < -0.39 is 0 Å². The maximum Gasteiger partial charge on any atom is 0.230 e. The second kappa shape index (κ2) is 7.75. The van der Waals surface area contributed by atoms with Gasteiger partial charge in [-0.2, -0.15) is 4.52 Å². The van der Waals surface area contributed by atoms with Gasteiger partial charge in [-0.1, -0.05) is 48.9 Å². The van der Waals surface area contributed by atoms with Crippen LogP contribution < -0.4 is 0 Å². The smallest absolute Gasteiger partial charge is 0.230 e. The number of aryl methyl sites for hydroxylation is 1. The number of hydrogen-bond donors (Lipinski definition) is 1. The van der Waals surface area contributed by atoms with Crippen molar-refractivity contribution in [2.45, 2.75) is 26.3 Å². The van der Waals surface area contributed by atoms with Crippen LogP contribution in [0.15, 0.2) is 24.3 Å². The van der Waals surface area contributed by atoms with Crippen molar-refractivity contribution < 1.29 is 5.11 Å². The molecule has 1 aliphatic heterocycles. The molecule has 1 saturated heterocycles. The third kappa shape index (κ3) is 3.57. The summed E-state index contributed by atoms with van der Waals surface area (Å²) in [4.78, 5) is 11.0. The normalized spacial score (nSPS) is 17.6. The Bertz CT molecular complexity index is 914. The fourth-order valence-corrected chi connectivity index (χ4v) is 4.89. The van der Waals surface area contributed by atoms with Crippen molar-refractivity contribution in [1.29, 1.82) is 0 Å². The molecule has 0 unspecified atom stereocenters. The van der Waals surface area contributed by atoms with Gasteiger partial charge in [0.2, 0.25) is 10.8 Å². The van der Waals surface area contributed by atoms with Crippen LogP contribution in [-0.2, 0) is 6.42 Å². The quantitative estimate of drug-likeness (QED) is 0.704. The molecule has 0 aliphatic carbocycles. The summed E-state index contributed by atoms with van der Waals surface area (Å²) < 4.78 is 1.57. The highest BCUT2D eigenvalue weighted by atomic mass is 35.5. The highest BCUT2D eigenvalue weighted by molar-refractivity contribution is 7.17. The number of fused-ring (bicyclic) bond motifs is 1. The van der Waals surface area contributed by atoms with Gasteiger partial charge in [0.25, 0.3) is 0 Å². The van der Waals surface area contributed by atoms with Crippen LogP contribution in [0.5, 0.6) is 5.88 Å². The van der Waals surface area contributed by atoms with E-state index in [1.54, 1.807) is 4.52 Å². The van der Waals surface area contributed by atoms with Gasteiger partial charge >= 0.3 is 0 Å². The number of likely N-dealkylation sites (N-methyl/N-ethyl adjacent to an activating group) is 1. The van der Waals surface area contributed by atoms with E-state index in [0.717, 1.165) is 60.4 Å². The molecule has 2 aromatic heterocycles. The number of benzene rings is 1. The van der Waals surface area contributed by atoms with Crippen LogP contribution in [0.3, 0.4) is 0 Å². The van der Waals surface area contributed by atoms with Crippen molar-refractivity contribution in [2.75, 3.05) is 32.7 Å². The van der Waals surface area contributed by atoms with Crippen molar-refractivity contribution in [3.05, 3.63) is 45.6 Å². The zero-order valence-corrected chi connectivity index (χ0v) is 17.2. The van der Waals surface area contributed by atoms with E-state index >= 15 is 0 Å². The van der Waals surface area contributed by atoms with Gasteiger partial charge in [0.05, 0.1) is 10.9 Å². The molecule has 8 heteroatoms. The topological polar surface area (TPSA) is 56.9 Å². The summed E-state index contributed by atoms with van der Waals surface area (Å²) in [5, 5.41) is 16.1. The third-order valence-electron chi connectivity index (χ3n) is 5.21. The predicted molar refractivity (Wildman–Crippen MR) is 109 cm³/mol. The summed E-state index contributed by atoms with van der Waals surface area (Å²) in [6.07, 6.45) is 0.753. The molecule has 144 valence electrons. The van der Waals surface area contributed by atoms with E-state index in [-0.39, 0.29) is 11.9 Å². The number of aromatic hydroxyl groups is 1. The largest absolute Gasteiger partial charge is 0.492 e. The Labute approximate surface area is 168 Å². The lowest BCUT2D eigenvalue weighted by Crippen LogP contribution is -2.47. The van der Waals surface area contributed by atoms with Crippen LogP contribution in [0.1, 0.15) is 36.2 Å². The van der Waals surface area contributed by atoms with Gasteiger partial charge in [-0.3, -0.25) is 4.90 Å². The summed E-state index contributed by atoms with van der Waals surface area (Å²) in [7, 11) is 0. The molecule has 1 aromatic carbocycles. The second-order valence-electron chi connectivity index (χ2n) is 6.79. The molecule has 0 spiro atoms. The average molecular weight is 406 g/mol. The highest BCUT2D eigenvalue weighted by Crippen LogP contribution is 2.40. The van der Waals surface area contributed by atoms with Crippen molar-refractivity contribution in [3.63, 3.8) is 0 Å². The summed E-state index contributed by atoms with van der Waals surface area (Å²) in [6.45, 7) is 9.25. The lowest BCUT2D eigenvalue weighted by Gasteiger charge is -2.38. The van der Waals surface area contributed by atoms with Gasteiger partial charge in [0.1, 0.15) is 0 Å². The minimum Gasteiger partial charge on any atom is -0.492 e. The highest BCUT2D eigenvalue weighted by Gasteiger charge is 2.31. The number of hydrogen-bond acceptors (Lipinski definition) is 6. The number of aromatic nitrogens is 3. The molecule has 1 N–H and O–H groups in total. The molecule has 6 nitrogen and oxygen atoms in total. The SMILES string of the molecule is CCc1nc2sc([C@H](c3ccc(Cl)cc3)N3CCN(CC)CC3)c(O)n2n1. The first-order chi connectivity index (χ1) is 13.1. The van der Waals surface area contributed by atoms with Crippen molar-refractivity contribution >= 4 is 27.9 Å². The van der Waals surface area contributed by atoms with Crippen LogP contribution in [0, 0.1) is 0 Å². The van der Waals surface area contributed by atoms with E-state index in [4.69, 9.17) is 11.6 Å². The molecular formula is C19H24ClN5OS. The van der Waals surface area contributed by atoms with E-state index in [2.05, 4.69) is 26.8 Å². The lowest BCUT2D eigenvalue weighted by atomic mass is 10.0. The van der Waals surface area contributed by atoms with E-state index in [1.807, 2.05) is 31.2 Å². The molecule has 0 radical (unpaired) electrons. The number of nitrogens with zero attached hydrogens (tertiary/aromatic N) is 5. The first-order valence-electron chi connectivity index (χ1n) is 9.39. The first-order valence-corrected chi connectivity index (χ1v) is 10.6. The average Bonchev–Trinajstić information content (AvgIpc) is 3.23. The minimum absolute atomic E-state index is 0.0279. The molecule has 0 bridgehead atoms. The summed E-state index contributed by atoms with van der Waals surface area (Å²) >= 11 is 7.62. The Morgan fingerprint density at radius 3 is 2.44 bits per heavy atom. The van der Waals surface area contributed by atoms with E-state index in [1.165, 1.54) is 11.3 Å². The molecule has 0 saturated carbocycles. The van der Waals surface area contributed by atoms with E-state index in [0.29, 0.717) is 5.02 Å². The Kier molecular flexibility index (Phi) is 5.36. The number of halogens is 1. The molecule has 4 rings (SSSR count). The lowest BCUT2D eigenvalue weighted by molar-refractivity contribution is 0.113. The number of rotatable bonds is 5. The third-order valence-corrected chi connectivity index (χ3v) is 6.54. The Balaban J connectivity index is 1.74. The molecule has 1 fully saturated rings. The van der Waals surface area contributed by atoms with Crippen LogP contribution in [0.2, 0.25) is 5.02 Å². The number of piperazine rings is 1. The fraction of sp³-hybridized carbons (Fsp3) is 0.474. The van der Waals surface area contributed by atoms with Crippen molar-refractivity contribution in [1.82, 2.24) is 24.4 Å². The summed E-state index contributed by atoms with van der Waals surface area (Å²) in [5.41, 5.74) is 1.12. The van der Waals surface area contributed by atoms with Gasteiger partial charge in [0.15, 0.2) is 5.82 Å². The zero-order chi connectivity index (χ0) is 19.0. The first kappa shape index (κ1) is 18.7. The maximum absolute atomic E-state index is 10.9. The van der Waals surface area contributed by atoms with Gasteiger partial charge in [-0.15, -0.1) is 5.10 Å². The second-order valence-corrected chi connectivity index (χ2v) is 8.24. The summed E-state index contributed by atoms with van der Waals surface area (Å²) in [5.74, 6) is 0.947. The monoisotopic (exact) mass is 405 g/mol. The van der Waals surface area contributed by atoms with Gasteiger partial charge in [0, 0.05) is 37.6 Å². The fourth-order valence-electron chi connectivity index (χ4n) is 3.63. The standard InChI is InChI=1S/C19H24ClN5OS/c1-3-15-21-19-25(22-15)18(26)17(27-19)16(13-5-7-14(20)8-6-13)24-11-9-23(4-2)10-12-24/h5-8,16,26H,3-4,9-12H2,1-2H3/t16-/m0/s1. The molecule has 0 amide bonds. The molecular weight excluding hydrogens is 382 g/mol. The molecule has 1 aliphatic rings. The van der Waals surface area contributed by atoms with Crippen LogP contribution >= 0.6 is 22.9 Å². The molecule has 27 heavy (non-hydrogen) atoms. The van der Waals surface area contributed by atoms with Gasteiger partial charge < -0.3 is 10.0 Å². The Morgan fingerprint density at radius 2 is 1.85 bits per heavy atom. The van der Waals surface area contributed by atoms with Gasteiger partial charge in [-0.25, -0.2) is 4.98 Å². The van der Waals surface area contributed by atoms with Crippen molar-refractivity contribution in [2.24, 2.45) is 0 Å². The molecule has 3 heterocycles. The van der Waals surface area contributed by atoms with Crippen LogP contribution in [0.25, 0.3) is 4.96 Å². The van der Waals surface area contributed by atoms with Crippen molar-refractivity contribution in [3.8, 4) is 5.88 Å². The van der Waals surface area contributed by atoms with Crippen LogP contribution in [0.4, 0.5) is 0 Å². The van der Waals surface area contributed by atoms with E-state index in [9.17, 15) is 5.11 Å². The summed E-state index contributed by atoms with van der Waals surface area (Å²) in [6, 6.07) is 7.89. The minimum atomic E-state index is -0.0279. The zero-order valence-electron chi connectivity index (χ0n) is 15.6. The number of thiazole rings is 1. The Hall–Kier alpha value is -1.67.